The molecule has 176 valence electrons. The van der Waals surface area contributed by atoms with E-state index in [1.165, 1.54) is 0 Å². The van der Waals surface area contributed by atoms with Gasteiger partial charge in [0.15, 0.2) is 11.5 Å². The zero-order chi connectivity index (χ0) is 22.9. The van der Waals surface area contributed by atoms with Crippen LogP contribution >= 0.6 is 12.4 Å². The molecule has 1 N–H and O–H groups in total. The summed E-state index contributed by atoms with van der Waals surface area (Å²) in [7, 11) is 3.21. The van der Waals surface area contributed by atoms with E-state index in [4.69, 9.17) is 14.2 Å². The summed E-state index contributed by atoms with van der Waals surface area (Å²) in [6.07, 6.45) is 2.44. The second-order valence-electron chi connectivity index (χ2n) is 8.18. The molecule has 1 atom stereocenters. The van der Waals surface area contributed by atoms with E-state index in [9.17, 15) is 9.90 Å². The highest BCUT2D eigenvalue weighted by atomic mass is 35.5. The molecule has 0 spiro atoms. The van der Waals surface area contributed by atoms with Crippen LogP contribution < -0.4 is 14.2 Å². The fraction of sp³-hybridized carbons (Fsp3) is 0.222. The van der Waals surface area contributed by atoms with Crippen LogP contribution in [0.25, 0.3) is 11.8 Å². The Bertz CT molecular complexity index is 1240. The largest absolute Gasteiger partial charge is 0.493 e. The Morgan fingerprint density at radius 1 is 1.06 bits per heavy atom. The normalized spacial score (nSPS) is 15.6. The Balaban J connectivity index is 0.00000274. The molecule has 0 aromatic heterocycles. The number of carboxylic acids is 1. The van der Waals surface area contributed by atoms with Crippen molar-refractivity contribution >= 4 is 30.1 Å². The van der Waals surface area contributed by atoms with Crippen molar-refractivity contribution in [1.82, 2.24) is 4.90 Å². The van der Waals surface area contributed by atoms with Crippen molar-refractivity contribution in [2.45, 2.75) is 25.6 Å². The van der Waals surface area contributed by atoms with E-state index < -0.39 is 12.0 Å². The van der Waals surface area contributed by atoms with Gasteiger partial charge in [-0.2, -0.15) is 0 Å². The van der Waals surface area contributed by atoms with E-state index in [-0.39, 0.29) is 12.4 Å². The monoisotopic (exact) mass is 479 g/mol. The van der Waals surface area contributed by atoms with Gasteiger partial charge >= 0.3 is 5.97 Å². The number of methoxy groups -OCH3 is 2. The summed E-state index contributed by atoms with van der Waals surface area (Å²) in [6.45, 7) is 0.899. The Kier molecular flexibility index (Phi) is 6.70. The van der Waals surface area contributed by atoms with Crippen LogP contribution in [0.2, 0.25) is 0 Å². The molecule has 2 aliphatic heterocycles. The number of benzene rings is 3. The number of halogens is 1. The van der Waals surface area contributed by atoms with Crippen molar-refractivity contribution < 1.29 is 24.1 Å². The minimum Gasteiger partial charge on any atom is -0.493 e. The fourth-order valence-corrected chi connectivity index (χ4v) is 4.66. The number of ether oxygens (including phenoxy) is 3. The molecule has 0 fully saturated rings. The van der Waals surface area contributed by atoms with Crippen LogP contribution in [0.3, 0.4) is 0 Å². The van der Waals surface area contributed by atoms with Gasteiger partial charge in [0, 0.05) is 29.8 Å². The van der Waals surface area contributed by atoms with Crippen LogP contribution in [0.5, 0.6) is 17.2 Å². The van der Waals surface area contributed by atoms with Crippen molar-refractivity contribution in [2.24, 2.45) is 0 Å². The highest BCUT2D eigenvalue weighted by molar-refractivity contribution is 5.90. The van der Waals surface area contributed by atoms with E-state index >= 15 is 0 Å². The van der Waals surface area contributed by atoms with Crippen LogP contribution in [0.1, 0.15) is 27.8 Å². The number of hydrogen-bond donors (Lipinski definition) is 1. The molecule has 0 saturated heterocycles. The van der Waals surface area contributed by atoms with E-state index in [0.717, 1.165) is 39.3 Å². The first-order valence-electron chi connectivity index (χ1n) is 10.8. The molecule has 0 amide bonds. The molecule has 1 unspecified atom stereocenters. The SMILES string of the molecule is COc1ccc2c(c1OC)CN1C(=C2)c2ccc(OCc3ccccc3)cc2CC1C(=O)O.Cl. The molecule has 7 heteroatoms. The fourth-order valence-electron chi connectivity index (χ4n) is 4.66. The number of fused-ring (bicyclic) bond motifs is 4. The van der Waals surface area contributed by atoms with Crippen molar-refractivity contribution in [3.05, 3.63) is 88.5 Å². The predicted molar refractivity (Wildman–Crippen MR) is 133 cm³/mol. The first kappa shape index (κ1) is 23.5. The maximum Gasteiger partial charge on any atom is 0.326 e. The molecule has 3 aromatic carbocycles. The maximum absolute atomic E-state index is 12.2. The number of hydrogen-bond acceptors (Lipinski definition) is 5. The predicted octanol–water partition coefficient (Wildman–Crippen LogP) is 5.03. The van der Waals surface area contributed by atoms with Crippen LogP contribution in [0, 0.1) is 0 Å². The van der Waals surface area contributed by atoms with E-state index in [1.54, 1.807) is 14.2 Å². The van der Waals surface area contributed by atoms with Gasteiger partial charge in [0.1, 0.15) is 18.4 Å². The lowest BCUT2D eigenvalue weighted by molar-refractivity contribution is -0.142. The van der Waals surface area contributed by atoms with Gasteiger partial charge in [0.25, 0.3) is 0 Å². The van der Waals surface area contributed by atoms with Gasteiger partial charge in [0.2, 0.25) is 0 Å². The number of carboxylic acid groups (broad SMARTS) is 1. The zero-order valence-corrected chi connectivity index (χ0v) is 19.8. The molecular formula is C27H26ClNO5. The van der Waals surface area contributed by atoms with Gasteiger partial charge in [0.05, 0.1) is 14.2 Å². The third-order valence-corrected chi connectivity index (χ3v) is 6.29. The minimum absolute atomic E-state index is 0. The smallest absolute Gasteiger partial charge is 0.326 e. The Morgan fingerprint density at radius 3 is 2.56 bits per heavy atom. The summed E-state index contributed by atoms with van der Waals surface area (Å²) in [4.78, 5) is 14.2. The third-order valence-electron chi connectivity index (χ3n) is 6.29. The van der Waals surface area contributed by atoms with Crippen molar-refractivity contribution in [2.75, 3.05) is 14.2 Å². The first-order chi connectivity index (χ1) is 16.1. The Hall–Kier alpha value is -3.64. The van der Waals surface area contributed by atoms with Gasteiger partial charge in [-0.1, -0.05) is 36.4 Å². The van der Waals surface area contributed by atoms with E-state index in [0.29, 0.717) is 31.1 Å². The highest BCUT2D eigenvalue weighted by Gasteiger charge is 2.37. The van der Waals surface area contributed by atoms with Gasteiger partial charge < -0.3 is 24.2 Å². The van der Waals surface area contributed by atoms with Crippen LogP contribution in [0.15, 0.2) is 60.7 Å². The van der Waals surface area contributed by atoms with Crippen molar-refractivity contribution in [1.29, 1.82) is 0 Å². The van der Waals surface area contributed by atoms with Crippen LogP contribution in [0.4, 0.5) is 0 Å². The van der Waals surface area contributed by atoms with E-state index in [2.05, 4.69) is 0 Å². The lowest BCUT2D eigenvalue weighted by Crippen LogP contribution is -2.45. The maximum atomic E-state index is 12.2. The number of carbonyl (C=O) groups is 1. The Morgan fingerprint density at radius 2 is 1.85 bits per heavy atom. The molecular weight excluding hydrogens is 454 g/mol. The topological polar surface area (TPSA) is 68.2 Å². The molecule has 0 radical (unpaired) electrons. The van der Waals surface area contributed by atoms with Crippen molar-refractivity contribution in [3.63, 3.8) is 0 Å². The zero-order valence-electron chi connectivity index (χ0n) is 19.0. The molecule has 6 nitrogen and oxygen atoms in total. The molecule has 0 saturated carbocycles. The summed E-state index contributed by atoms with van der Waals surface area (Å²) in [5.74, 6) is 1.16. The molecule has 0 bridgehead atoms. The molecule has 3 aromatic rings. The first-order valence-corrected chi connectivity index (χ1v) is 10.8. The molecule has 0 aliphatic carbocycles. The number of rotatable bonds is 6. The summed E-state index contributed by atoms with van der Waals surface area (Å²) >= 11 is 0. The van der Waals surface area contributed by atoms with Crippen LogP contribution in [-0.2, 0) is 24.4 Å². The van der Waals surface area contributed by atoms with Gasteiger partial charge in [-0.3, -0.25) is 0 Å². The summed E-state index contributed by atoms with van der Waals surface area (Å²) < 4.78 is 17.0. The second kappa shape index (κ2) is 9.69. The number of aliphatic carboxylic acids is 1. The Labute approximate surface area is 204 Å². The lowest BCUT2D eigenvalue weighted by atomic mass is 9.86. The molecule has 2 aliphatic rings. The second-order valence-corrected chi connectivity index (χ2v) is 8.18. The average Bonchev–Trinajstić information content (AvgIpc) is 2.85. The molecule has 34 heavy (non-hydrogen) atoms. The van der Waals surface area contributed by atoms with Crippen LogP contribution in [-0.4, -0.2) is 36.2 Å². The molecule has 5 rings (SSSR count). The lowest BCUT2D eigenvalue weighted by Gasteiger charge is -2.41. The summed E-state index contributed by atoms with van der Waals surface area (Å²) in [6, 6.07) is 19.1. The summed E-state index contributed by atoms with van der Waals surface area (Å²) in [5.41, 5.74) is 5.91. The molecule has 2 heterocycles. The standard InChI is InChI=1S/C27H25NO5.ClH/c1-31-25-11-8-18-13-23-21-10-9-20(33-16-17-6-4-3-5-7-17)12-19(21)14-24(27(29)30)28(23)15-22(18)26(25)32-2;/h3-13,24H,14-16H2,1-2H3,(H,29,30);1H. The quantitative estimate of drug-likeness (QED) is 0.535. The van der Waals surface area contributed by atoms with Gasteiger partial charge in [-0.25, -0.2) is 4.79 Å². The minimum atomic E-state index is -0.854. The van der Waals surface area contributed by atoms with Gasteiger partial charge in [-0.15, -0.1) is 12.4 Å². The third kappa shape index (κ3) is 4.17. The van der Waals surface area contributed by atoms with Gasteiger partial charge in [-0.05, 0) is 47.0 Å². The summed E-state index contributed by atoms with van der Waals surface area (Å²) in [5, 5.41) is 10.0. The average molecular weight is 480 g/mol. The highest BCUT2D eigenvalue weighted by Crippen LogP contribution is 2.44. The van der Waals surface area contributed by atoms with E-state index in [1.807, 2.05) is 71.6 Å². The van der Waals surface area contributed by atoms with Crippen molar-refractivity contribution in [3.8, 4) is 17.2 Å². The number of nitrogens with zero attached hydrogens (tertiary/aromatic N) is 1.